The van der Waals surface area contributed by atoms with Crippen LogP contribution in [-0.2, 0) is 9.59 Å². The van der Waals surface area contributed by atoms with E-state index in [4.69, 9.17) is 4.42 Å². The third kappa shape index (κ3) is 4.63. The quantitative estimate of drug-likeness (QED) is 0.830. The molecule has 1 aromatic carbocycles. The zero-order chi connectivity index (χ0) is 15.9. The van der Waals surface area contributed by atoms with Gasteiger partial charge in [0.2, 0.25) is 11.8 Å². The summed E-state index contributed by atoms with van der Waals surface area (Å²) in [6, 6.07) is 10.5. The van der Waals surface area contributed by atoms with E-state index in [1.165, 1.54) is 6.08 Å². The molecule has 114 valence electrons. The van der Waals surface area contributed by atoms with Gasteiger partial charge in [0.05, 0.1) is 6.26 Å². The molecule has 2 N–H and O–H groups in total. The predicted molar refractivity (Wildman–Crippen MR) is 86.3 cm³/mol. The van der Waals surface area contributed by atoms with Gasteiger partial charge in [-0.1, -0.05) is 13.8 Å². The van der Waals surface area contributed by atoms with E-state index >= 15 is 0 Å². The highest BCUT2D eigenvalue weighted by molar-refractivity contribution is 6.02. The second-order valence-electron chi connectivity index (χ2n) is 5.06. The molecule has 1 aromatic heterocycles. The van der Waals surface area contributed by atoms with E-state index < -0.39 is 0 Å². The summed E-state index contributed by atoms with van der Waals surface area (Å²) in [6.07, 6.45) is 4.53. The summed E-state index contributed by atoms with van der Waals surface area (Å²) in [5.74, 6) is 0.238. The van der Waals surface area contributed by atoms with Crippen LogP contribution in [0.5, 0.6) is 0 Å². The standard InChI is InChI=1S/C17H18N2O3/c1-12(2)17(21)19-14-7-5-13(6-8-14)18-16(20)10-9-15-4-3-11-22-15/h3-12H,1-2H3,(H,18,20)(H,19,21). The number of carbonyl (C=O) groups excluding carboxylic acids is 2. The van der Waals surface area contributed by atoms with Crippen LogP contribution in [0.25, 0.3) is 6.08 Å². The zero-order valence-electron chi connectivity index (χ0n) is 12.5. The van der Waals surface area contributed by atoms with E-state index in [1.807, 2.05) is 13.8 Å². The van der Waals surface area contributed by atoms with Gasteiger partial charge in [-0.2, -0.15) is 0 Å². The lowest BCUT2D eigenvalue weighted by molar-refractivity contribution is -0.119. The molecule has 0 atom stereocenters. The van der Waals surface area contributed by atoms with E-state index in [1.54, 1.807) is 48.7 Å². The minimum absolute atomic E-state index is 0.0434. The van der Waals surface area contributed by atoms with Crippen LogP contribution in [0.15, 0.2) is 53.2 Å². The fourth-order valence-electron chi connectivity index (χ4n) is 1.65. The Labute approximate surface area is 129 Å². The maximum absolute atomic E-state index is 11.8. The summed E-state index contributed by atoms with van der Waals surface area (Å²) in [6.45, 7) is 3.66. The fraction of sp³-hybridized carbons (Fsp3) is 0.176. The van der Waals surface area contributed by atoms with Gasteiger partial charge in [0, 0.05) is 23.4 Å². The number of nitrogens with one attached hydrogen (secondary N) is 2. The molecule has 0 fully saturated rings. The van der Waals surface area contributed by atoms with E-state index in [0.717, 1.165) is 0 Å². The molecule has 0 spiro atoms. The number of amides is 2. The molecule has 0 radical (unpaired) electrons. The molecule has 2 aromatic rings. The average Bonchev–Trinajstić information content (AvgIpc) is 3.00. The molecular weight excluding hydrogens is 280 g/mol. The Morgan fingerprint density at radius 2 is 1.68 bits per heavy atom. The van der Waals surface area contributed by atoms with Crippen LogP contribution < -0.4 is 10.6 Å². The third-order valence-corrected chi connectivity index (χ3v) is 2.89. The number of carbonyl (C=O) groups is 2. The molecule has 0 unspecified atom stereocenters. The fourth-order valence-corrected chi connectivity index (χ4v) is 1.65. The topological polar surface area (TPSA) is 71.3 Å². The first kappa shape index (κ1) is 15.6. The summed E-state index contributed by atoms with van der Waals surface area (Å²) >= 11 is 0. The molecule has 0 aliphatic heterocycles. The molecule has 2 rings (SSSR count). The summed E-state index contributed by atoms with van der Waals surface area (Å²) in [4.78, 5) is 23.3. The molecule has 0 aliphatic rings. The van der Waals surface area contributed by atoms with Crippen molar-refractivity contribution >= 4 is 29.3 Å². The molecule has 0 bridgehead atoms. The van der Waals surface area contributed by atoms with Gasteiger partial charge in [-0.05, 0) is 42.5 Å². The maximum atomic E-state index is 11.8. The first-order valence-corrected chi connectivity index (χ1v) is 6.98. The van der Waals surface area contributed by atoms with Crippen LogP contribution >= 0.6 is 0 Å². The molecule has 0 saturated heterocycles. The minimum atomic E-state index is -0.254. The summed E-state index contributed by atoms with van der Waals surface area (Å²) in [5, 5.41) is 5.52. The maximum Gasteiger partial charge on any atom is 0.248 e. The van der Waals surface area contributed by atoms with Gasteiger partial charge < -0.3 is 15.1 Å². The van der Waals surface area contributed by atoms with Crippen molar-refractivity contribution in [3.8, 4) is 0 Å². The summed E-state index contributed by atoms with van der Waals surface area (Å²) in [7, 11) is 0. The molecule has 0 aliphatic carbocycles. The van der Waals surface area contributed by atoms with E-state index in [0.29, 0.717) is 17.1 Å². The highest BCUT2D eigenvalue weighted by atomic mass is 16.3. The van der Waals surface area contributed by atoms with Crippen molar-refractivity contribution in [1.29, 1.82) is 0 Å². The van der Waals surface area contributed by atoms with Crippen molar-refractivity contribution in [2.75, 3.05) is 10.6 Å². The number of furan rings is 1. The van der Waals surface area contributed by atoms with Crippen molar-refractivity contribution in [3.63, 3.8) is 0 Å². The highest BCUT2D eigenvalue weighted by Gasteiger charge is 2.06. The van der Waals surface area contributed by atoms with E-state index in [2.05, 4.69) is 10.6 Å². The van der Waals surface area contributed by atoms with E-state index in [9.17, 15) is 9.59 Å². The molecule has 5 heteroatoms. The normalized spacial score (nSPS) is 10.9. The number of rotatable bonds is 5. The monoisotopic (exact) mass is 298 g/mol. The Hall–Kier alpha value is -2.82. The van der Waals surface area contributed by atoms with Gasteiger partial charge in [-0.15, -0.1) is 0 Å². The van der Waals surface area contributed by atoms with Crippen LogP contribution in [-0.4, -0.2) is 11.8 Å². The Kier molecular flexibility index (Phi) is 5.14. The summed E-state index contributed by atoms with van der Waals surface area (Å²) < 4.78 is 5.10. The molecule has 0 saturated carbocycles. The van der Waals surface area contributed by atoms with Gasteiger partial charge in [0.1, 0.15) is 5.76 Å². The number of anilines is 2. The van der Waals surface area contributed by atoms with Crippen molar-refractivity contribution in [2.45, 2.75) is 13.8 Å². The Bertz CT molecular complexity index is 656. The summed E-state index contributed by atoms with van der Waals surface area (Å²) in [5.41, 5.74) is 1.35. The first-order valence-electron chi connectivity index (χ1n) is 6.98. The van der Waals surface area contributed by atoms with Crippen molar-refractivity contribution in [2.24, 2.45) is 5.92 Å². The van der Waals surface area contributed by atoms with Gasteiger partial charge in [-0.3, -0.25) is 9.59 Å². The van der Waals surface area contributed by atoms with Gasteiger partial charge in [0.25, 0.3) is 0 Å². The molecular formula is C17H18N2O3. The zero-order valence-corrected chi connectivity index (χ0v) is 12.5. The third-order valence-electron chi connectivity index (χ3n) is 2.89. The van der Waals surface area contributed by atoms with Crippen molar-refractivity contribution in [1.82, 2.24) is 0 Å². The second kappa shape index (κ2) is 7.26. The van der Waals surface area contributed by atoms with E-state index in [-0.39, 0.29) is 17.7 Å². The lowest BCUT2D eigenvalue weighted by Gasteiger charge is -2.08. The van der Waals surface area contributed by atoms with Crippen LogP contribution in [0.3, 0.4) is 0 Å². The van der Waals surface area contributed by atoms with Crippen LogP contribution in [0.4, 0.5) is 11.4 Å². The van der Waals surface area contributed by atoms with Crippen LogP contribution in [0.2, 0.25) is 0 Å². The smallest absolute Gasteiger partial charge is 0.248 e. The van der Waals surface area contributed by atoms with Gasteiger partial charge >= 0.3 is 0 Å². The SMILES string of the molecule is CC(C)C(=O)Nc1ccc(NC(=O)C=Cc2ccco2)cc1. The van der Waals surface area contributed by atoms with Gasteiger partial charge in [-0.25, -0.2) is 0 Å². The first-order chi connectivity index (χ1) is 10.5. The number of benzene rings is 1. The lowest BCUT2D eigenvalue weighted by Crippen LogP contribution is -2.17. The Morgan fingerprint density at radius 1 is 1.05 bits per heavy atom. The molecule has 2 amide bonds. The largest absolute Gasteiger partial charge is 0.465 e. The van der Waals surface area contributed by atoms with Gasteiger partial charge in [0.15, 0.2) is 0 Å². The average molecular weight is 298 g/mol. The number of hydrogen-bond acceptors (Lipinski definition) is 3. The predicted octanol–water partition coefficient (Wildman–Crippen LogP) is 3.53. The highest BCUT2D eigenvalue weighted by Crippen LogP contribution is 2.14. The molecule has 5 nitrogen and oxygen atoms in total. The lowest BCUT2D eigenvalue weighted by atomic mass is 10.2. The molecule has 22 heavy (non-hydrogen) atoms. The Morgan fingerprint density at radius 3 is 2.23 bits per heavy atom. The number of hydrogen-bond donors (Lipinski definition) is 2. The second-order valence-corrected chi connectivity index (χ2v) is 5.06. The van der Waals surface area contributed by atoms with Crippen LogP contribution in [0, 0.1) is 5.92 Å². The van der Waals surface area contributed by atoms with Crippen LogP contribution in [0.1, 0.15) is 19.6 Å². The molecule has 1 heterocycles. The van der Waals surface area contributed by atoms with Crippen molar-refractivity contribution < 1.29 is 14.0 Å². The Balaban J connectivity index is 1.90. The van der Waals surface area contributed by atoms with Crippen molar-refractivity contribution in [3.05, 3.63) is 54.5 Å². The minimum Gasteiger partial charge on any atom is -0.465 e.